The van der Waals surface area contributed by atoms with Crippen LogP contribution in [0.25, 0.3) is 0 Å². The molecule has 0 radical (unpaired) electrons. The van der Waals surface area contributed by atoms with Crippen LogP contribution in [0.4, 0.5) is 0 Å². The summed E-state index contributed by atoms with van der Waals surface area (Å²) in [6.45, 7) is 12.9. The average molecular weight is 367 g/mol. The van der Waals surface area contributed by atoms with Gasteiger partial charge in [0.1, 0.15) is 0 Å². The SMILES string of the molecule is C=CC(=O)O.CCCC1(CCC)CCC2(CCN(CCN(C)C)C2)CC1. The van der Waals surface area contributed by atoms with E-state index >= 15 is 0 Å². The number of carboxylic acids is 1. The predicted octanol–water partition coefficient (Wildman–Crippen LogP) is 4.66. The Morgan fingerprint density at radius 2 is 1.65 bits per heavy atom. The van der Waals surface area contributed by atoms with E-state index in [2.05, 4.69) is 44.3 Å². The maximum atomic E-state index is 9.25. The summed E-state index contributed by atoms with van der Waals surface area (Å²) in [5, 5.41) is 7.60. The lowest BCUT2D eigenvalue weighted by Crippen LogP contribution is -2.37. The van der Waals surface area contributed by atoms with Gasteiger partial charge >= 0.3 is 5.97 Å². The monoisotopic (exact) mass is 366 g/mol. The largest absolute Gasteiger partial charge is 0.478 e. The third kappa shape index (κ3) is 7.40. The number of hydrogen-bond donors (Lipinski definition) is 1. The zero-order valence-electron chi connectivity index (χ0n) is 17.7. The lowest BCUT2D eigenvalue weighted by molar-refractivity contribution is -0.131. The highest BCUT2D eigenvalue weighted by molar-refractivity contribution is 5.78. The Morgan fingerprint density at radius 3 is 2.08 bits per heavy atom. The lowest BCUT2D eigenvalue weighted by Gasteiger charge is -2.45. The van der Waals surface area contributed by atoms with Crippen LogP contribution in [0.3, 0.4) is 0 Å². The number of hydrogen-bond acceptors (Lipinski definition) is 3. The molecule has 0 amide bonds. The van der Waals surface area contributed by atoms with Crippen LogP contribution in [-0.4, -0.2) is 61.2 Å². The predicted molar refractivity (Wildman–Crippen MR) is 111 cm³/mol. The Kier molecular flexibility index (Phi) is 9.88. The van der Waals surface area contributed by atoms with Crippen molar-refractivity contribution < 1.29 is 9.90 Å². The number of carboxylic acid groups (broad SMARTS) is 1. The minimum Gasteiger partial charge on any atom is -0.478 e. The number of carbonyl (C=O) groups is 1. The van der Waals surface area contributed by atoms with Crippen LogP contribution >= 0.6 is 0 Å². The molecule has 0 unspecified atom stereocenters. The molecular weight excluding hydrogens is 324 g/mol. The van der Waals surface area contributed by atoms with Crippen LogP contribution in [0.2, 0.25) is 0 Å². The summed E-state index contributed by atoms with van der Waals surface area (Å²) >= 11 is 0. The summed E-state index contributed by atoms with van der Waals surface area (Å²) in [7, 11) is 4.38. The molecule has 2 aliphatic rings. The summed E-state index contributed by atoms with van der Waals surface area (Å²) in [6, 6.07) is 0. The van der Waals surface area contributed by atoms with Crippen molar-refractivity contribution in [3.05, 3.63) is 12.7 Å². The normalized spacial score (nSPS) is 21.4. The van der Waals surface area contributed by atoms with Gasteiger partial charge < -0.3 is 14.9 Å². The second kappa shape index (κ2) is 11.1. The highest BCUT2D eigenvalue weighted by Gasteiger charge is 2.44. The number of nitrogens with zero attached hydrogens (tertiary/aromatic N) is 2. The first-order valence-electron chi connectivity index (χ1n) is 10.5. The van der Waals surface area contributed by atoms with E-state index in [1.165, 1.54) is 84.0 Å². The van der Waals surface area contributed by atoms with E-state index < -0.39 is 5.97 Å². The molecule has 4 heteroatoms. The molecule has 1 aliphatic heterocycles. The fourth-order valence-electron chi connectivity index (χ4n) is 4.96. The van der Waals surface area contributed by atoms with Crippen molar-refractivity contribution in [2.45, 2.75) is 71.6 Å². The molecule has 4 nitrogen and oxygen atoms in total. The van der Waals surface area contributed by atoms with Crippen LogP contribution in [0, 0.1) is 10.8 Å². The molecule has 0 bridgehead atoms. The van der Waals surface area contributed by atoms with Crippen LogP contribution in [0.15, 0.2) is 12.7 Å². The third-order valence-electron chi connectivity index (χ3n) is 6.49. The standard InChI is InChI=1S/C19H38N2.C3H4O2/c1-5-7-18(8-6-2)9-11-19(12-10-18)13-14-21(17-19)16-15-20(3)4;1-2-3(4)5/h5-17H2,1-4H3;2H,1H2,(H,4,5). The van der Waals surface area contributed by atoms with Crippen molar-refractivity contribution in [2.75, 3.05) is 40.3 Å². The van der Waals surface area contributed by atoms with Gasteiger partial charge in [-0.25, -0.2) is 4.79 Å². The molecule has 0 atom stereocenters. The molecule has 1 heterocycles. The molecule has 1 saturated carbocycles. The Balaban J connectivity index is 0.000000597. The Morgan fingerprint density at radius 1 is 1.12 bits per heavy atom. The van der Waals surface area contributed by atoms with Gasteiger partial charge in [-0.3, -0.25) is 0 Å². The molecule has 2 fully saturated rings. The topological polar surface area (TPSA) is 43.8 Å². The zero-order chi connectivity index (χ0) is 19.6. The van der Waals surface area contributed by atoms with Crippen molar-refractivity contribution in [3.63, 3.8) is 0 Å². The van der Waals surface area contributed by atoms with Crippen LogP contribution in [-0.2, 0) is 4.79 Å². The summed E-state index contributed by atoms with van der Waals surface area (Å²) in [5.41, 5.74) is 1.41. The van der Waals surface area contributed by atoms with Crippen LogP contribution in [0.1, 0.15) is 71.6 Å². The van der Waals surface area contributed by atoms with E-state index in [0.29, 0.717) is 10.8 Å². The van der Waals surface area contributed by atoms with Gasteiger partial charge in [-0.05, 0) is 76.4 Å². The van der Waals surface area contributed by atoms with Crippen LogP contribution in [0.5, 0.6) is 0 Å². The molecule has 1 N–H and O–H groups in total. The van der Waals surface area contributed by atoms with E-state index in [-0.39, 0.29) is 0 Å². The highest BCUT2D eigenvalue weighted by Crippen LogP contribution is 2.53. The van der Waals surface area contributed by atoms with Gasteiger partial charge in [0.15, 0.2) is 0 Å². The van der Waals surface area contributed by atoms with Crippen molar-refractivity contribution in [2.24, 2.45) is 10.8 Å². The highest BCUT2D eigenvalue weighted by atomic mass is 16.4. The summed E-state index contributed by atoms with van der Waals surface area (Å²) in [5.74, 6) is -0.981. The first-order valence-corrected chi connectivity index (χ1v) is 10.5. The molecule has 0 aromatic rings. The third-order valence-corrected chi connectivity index (χ3v) is 6.49. The fraction of sp³-hybridized carbons (Fsp3) is 0.864. The average Bonchev–Trinajstić information content (AvgIpc) is 3.00. The number of aliphatic carboxylic acids is 1. The van der Waals surface area contributed by atoms with Crippen molar-refractivity contribution in [3.8, 4) is 0 Å². The molecule has 1 aliphatic carbocycles. The quantitative estimate of drug-likeness (QED) is 0.635. The molecule has 152 valence electrons. The van der Waals surface area contributed by atoms with Gasteiger partial charge in [0.25, 0.3) is 0 Å². The maximum absolute atomic E-state index is 9.25. The van der Waals surface area contributed by atoms with Gasteiger partial charge in [0.2, 0.25) is 0 Å². The van der Waals surface area contributed by atoms with Crippen LogP contribution < -0.4 is 0 Å². The van der Waals surface area contributed by atoms with E-state index in [4.69, 9.17) is 5.11 Å². The Labute approximate surface area is 161 Å². The molecule has 26 heavy (non-hydrogen) atoms. The van der Waals surface area contributed by atoms with Crippen molar-refractivity contribution in [1.82, 2.24) is 9.80 Å². The zero-order valence-corrected chi connectivity index (χ0v) is 17.7. The van der Waals surface area contributed by atoms with E-state index in [0.717, 1.165) is 6.08 Å². The maximum Gasteiger partial charge on any atom is 0.327 e. The molecule has 2 rings (SSSR count). The van der Waals surface area contributed by atoms with Gasteiger partial charge in [-0.1, -0.05) is 33.3 Å². The number of likely N-dealkylation sites (N-methyl/N-ethyl adjacent to an activating group) is 1. The first-order chi connectivity index (χ1) is 12.3. The van der Waals surface area contributed by atoms with E-state index in [1.54, 1.807) is 0 Å². The van der Waals surface area contributed by atoms with Gasteiger partial charge in [-0.15, -0.1) is 0 Å². The fourth-order valence-corrected chi connectivity index (χ4v) is 4.96. The van der Waals surface area contributed by atoms with E-state index in [1.807, 2.05) is 0 Å². The van der Waals surface area contributed by atoms with Crippen molar-refractivity contribution >= 4 is 5.97 Å². The minimum absolute atomic E-state index is 0.692. The summed E-state index contributed by atoms with van der Waals surface area (Å²) < 4.78 is 0. The van der Waals surface area contributed by atoms with Gasteiger partial charge in [0.05, 0.1) is 0 Å². The van der Waals surface area contributed by atoms with Gasteiger partial charge in [0, 0.05) is 25.7 Å². The smallest absolute Gasteiger partial charge is 0.327 e. The lowest BCUT2D eigenvalue weighted by atomic mass is 9.60. The number of likely N-dealkylation sites (tertiary alicyclic amines) is 1. The van der Waals surface area contributed by atoms with E-state index in [9.17, 15) is 4.79 Å². The molecule has 0 aromatic heterocycles. The Bertz CT molecular complexity index is 418. The minimum atomic E-state index is -0.981. The molecule has 1 spiro atoms. The summed E-state index contributed by atoms with van der Waals surface area (Å²) in [6.07, 6.45) is 14.0. The summed E-state index contributed by atoms with van der Waals surface area (Å²) in [4.78, 5) is 14.3. The number of rotatable bonds is 8. The first kappa shape index (κ1) is 23.2. The second-order valence-electron chi connectivity index (χ2n) is 8.87. The van der Waals surface area contributed by atoms with Crippen molar-refractivity contribution in [1.29, 1.82) is 0 Å². The molecule has 0 aromatic carbocycles. The van der Waals surface area contributed by atoms with Gasteiger partial charge in [-0.2, -0.15) is 0 Å². The molecule has 1 saturated heterocycles. The Hall–Kier alpha value is -0.870. The second-order valence-corrected chi connectivity index (χ2v) is 8.87. The molecular formula is C22H42N2O2.